The average molecular weight is 437 g/mol. The van der Waals surface area contributed by atoms with Crippen LogP contribution in [0.5, 0.6) is 0 Å². The van der Waals surface area contributed by atoms with Gasteiger partial charge in [0, 0.05) is 45.7 Å². The summed E-state index contributed by atoms with van der Waals surface area (Å²) in [6, 6.07) is 19.4. The number of benzene rings is 2. The van der Waals surface area contributed by atoms with E-state index in [9.17, 15) is 9.59 Å². The topological polar surface area (TPSA) is 79.1 Å². The fourth-order valence-corrected chi connectivity index (χ4v) is 4.77. The molecule has 2 saturated heterocycles. The number of piperazine rings is 1. The molecule has 0 aromatic heterocycles. The normalized spacial score (nSPS) is 24.9. The van der Waals surface area contributed by atoms with Gasteiger partial charge in [-0.1, -0.05) is 60.7 Å². The van der Waals surface area contributed by atoms with Crippen molar-refractivity contribution >= 4 is 11.8 Å². The average Bonchev–Trinajstić information content (AvgIpc) is 2.80. The third kappa shape index (κ3) is 5.01. The summed E-state index contributed by atoms with van der Waals surface area (Å²) in [5, 5.41) is 0. The molecular weight excluding hydrogens is 404 g/mol. The molecule has 0 aliphatic carbocycles. The van der Waals surface area contributed by atoms with Gasteiger partial charge < -0.3 is 20.3 Å². The van der Waals surface area contributed by atoms with Gasteiger partial charge in [0.2, 0.25) is 5.91 Å². The van der Waals surface area contributed by atoms with Crippen LogP contribution in [0.1, 0.15) is 11.1 Å². The molecule has 2 aromatic carbocycles. The van der Waals surface area contributed by atoms with Gasteiger partial charge in [0.1, 0.15) is 6.04 Å². The molecule has 2 aromatic rings. The number of morpholine rings is 1. The number of hydrogen-bond donors (Lipinski definition) is 1. The highest BCUT2D eigenvalue weighted by Crippen LogP contribution is 2.28. The van der Waals surface area contributed by atoms with Gasteiger partial charge in [-0.25, -0.2) is 0 Å². The van der Waals surface area contributed by atoms with Gasteiger partial charge in [-0.15, -0.1) is 0 Å². The summed E-state index contributed by atoms with van der Waals surface area (Å²) >= 11 is 0. The minimum absolute atomic E-state index is 0.143. The van der Waals surface area contributed by atoms with Crippen molar-refractivity contribution in [3.63, 3.8) is 0 Å². The van der Waals surface area contributed by atoms with Crippen LogP contribution >= 0.6 is 0 Å². The van der Waals surface area contributed by atoms with E-state index < -0.39 is 17.6 Å². The number of hydrogen-bond acceptors (Lipinski definition) is 5. The summed E-state index contributed by atoms with van der Waals surface area (Å²) in [7, 11) is 2.00. The fraction of sp³-hybridized carbons (Fsp3) is 0.440. The minimum atomic E-state index is -1.02. The molecule has 4 rings (SSSR count). The second kappa shape index (κ2) is 9.81. The molecule has 2 heterocycles. The Morgan fingerprint density at radius 1 is 1.00 bits per heavy atom. The van der Waals surface area contributed by atoms with Crippen molar-refractivity contribution in [1.82, 2.24) is 14.7 Å². The number of nitrogens with zero attached hydrogens (tertiary/aromatic N) is 3. The lowest BCUT2D eigenvalue weighted by Gasteiger charge is -2.47. The van der Waals surface area contributed by atoms with Crippen molar-refractivity contribution in [2.45, 2.75) is 24.6 Å². The molecule has 0 saturated carbocycles. The zero-order chi connectivity index (χ0) is 22.6. The van der Waals surface area contributed by atoms with Gasteiger partial charge in [-0.3, -0.25) is 14.5 Å². The van der Waals surface area contributed by atoms with E-state index in [1.807, 2.05) is 55.6 Å². The van der Waals surface area contributed by atoms with Gasteiger partial charge >= 0.3 is 0 Å². The molecule has 7 heteroatoms. The van der Waals surface area contributed by atoms with E-state index >= 15 is 0 Å². The van der Waals surface area contributed by atoms with Crippen LogP contribution in [0.15, 0.2) is 60.7 Å². The molecular formula is C25H32N4O3. The number of ether oxygens (including phenoxy) is 1. The molecule has 0 radical (unpaired) electrons. The molecule has 32 heavy (non-hydrogen) atoms. The molecule has 2 aliphatic heterocycles. The number of carbonyl (C=O) groups excluding carboxylic acids is 2. The van der Waals surface area contributed by atoms with Crippen molar-refractivity contribution < 1.29 is 14.3 Å². The maximum Gasteiger partial charge on any atom is 0.257 e. The van der Waals surface area contributed by atoms with Gasteiger partial charge in [-0.2, -0.15) is 0 Å². The first-order chi connectivity index (χ1) is 15.5. The predicted molar refractivity (Wildman–Crippen MR) is 123 cm³/mol. The molecule has 2 aliphatic rings. The number of amides is 2. The van der Waals surface area contributed by atoms with Crippen LogP contribution in [0.3, 0.4) is 0 Å². The predicted octanol–water partition coefficient (Wildman–Crippen LogP) is 1.13. The van der Waals surface area contributed by atoms with Crippen molar-refractivity contribution in [2.24, 2.45) is 5.73 Å². The monoisotopic (exact) mass is 436 g/mol. The summed E-state index contributed by atoms with van der Waals surface area (Å²) in [5.74, 6) is -0.619. The first-order valence-electron chi connectivity index (χ1n) is 11.2. The van der Waals surface area contributed by atoms with Crippen molar-refractivity contribution in [2.75, 3.05) is 46.4 Å². The van der Waals surface area contributed by atoms with Gasteiger partial charge in [-0.05, 0) is 18.2 Å². The lowest BCUT2D eigenvalue weighted by molar-refractivity contribution is -0.175. The van der Waals surface area contributed by atoms with Gasteiger partial charge in [0.15, 0.2) is 5.60 Å². The maximum absolute atomic E-state index is 14.0. The van der Waals surface area contributed by atoms with Crippen LogP contribution in [-0.4, -0.2) is 84.5 Å². The van der Waals surface area contributed by atoms with E-state index in [1.165, 1.54) is 5.56 Å². The van der Waals surface area contributed by atoms with E-state index in [1.54, 1.807) is 4.90 Å². The molecule has 7 nitrogen and oxygen atoms in total. The quantitative estimate of drug-likeness (QED) is 0.735. The second-order valence-electron chi connectivity index (χ2n) is 8.88. The molecule has 0 bridgehead atoms. The SMILES string of the molecule is CN1CCO[C@@](Cc2ccccc2)(C(=O)N2CCN(Cc3ccccc3)C[C@@H]2C(N)=O)C1. The number of primary amides is 1. The highest BCUT2D eigenvalue weighted by Gasteiger charge is 2.48. The largest absolute Gasteiger partial charge is 0.368 e. The van der Waals surface area contributed by atoms with Crippen molar-refractivity contribution in [3.05, 3.63) is 71.8 Å². The molecule has 2 amide bonds. The third-order valence-electron chi connectivity index (χ3n) is 6.40. The Labute approximate surface area is 189 Å². The molecule has 2 N–H and O–H groups in total. The van der Waals surface area contributed by atoms with Crippen molar-refractivity contribution in [3.8, 4) is 0 Å². The van der Waals surface area contributed by atoms with Crippen molar-refractivity contribution in [1.29, 1.82) is 0 Å². The fourth-order valence-electron chi connectivity index (χ4n) is 4.77. The number of likely N-dealkylation sites (N-methyl/N-ethyl adjacent to an activating group) is 1. The van der Waals surface area contributed by atoms with Gasteiger partial charge in [0.25, 0.3) is 5.91 Å². The van der Waals surface area contributed by atoms with Crippen LogP contribution < -0.4 is 5.73 Å². The summed E-state index contributed by atoms with van der Waals surface area (Å²) in [6.45, 7) is 4.01. The van der Waals surface area contributed by atoms with Crippen LogP contribution in [0, 0.1) is 0 Å². The number of rotatable bonds is 6. The zero-order valence-corrected chi connectivity index (χ0v) is 18.7. The minimum Gasteiger partial charge on any atom is -0.368 e. The van der Waals surface area contributed by atoms with Crippen LogP contribution in [0.25, 0.3) is 0 Å². The third-order valence-corrected chi connectivity index (χ3v) is 6.40. The van der Waals surface area contributed by atoms with Crippen LogP contribution in [-0.2, 0) is 27.3 Å². The van der Waals surface area contributed by atoms with E-state index in [-0.39, 0.29) is 5.91 Å². The number of nitrogens with two attached hydrogens (primary N) is 1. The Kier molecular flexibility index (Phi) is 6.89. The molecule has 0 spiro atoms. The Morgan fingerprint density at radius 2 is 1.66 bits per heavy atom. The molecule has 2 fully saturated rings. The highest BCUT2D eigenvalue weighted by atomic mass is 16.5. The second-order valence-corrected chi connectivity index (χ2v) is 8.88. The summed E-state index contributed by atoms with van der Waals surface area (Å²) in [4.78, 5) is 32.3. The van der Waals surface area contributed by atoms with E-state index in [0.29, 0.717) is 39.2 Å². The molecule has 170 valence electrons. The Morgan fingerprint density at radius 3 is 2.28 bits per heavy atom. The first-order valence-corrected chi connectivity index (χ1v) is 11.2. The summed E-state index contributed by atoms with van der Waals surface area (Å²) < 4.78 is 6.21. The Bertz CT molecular complexity index is 923. The van der Waals surface area contributed by atoms with Crippen LogP contribution in [0.4, 0.5) is 0 Å². The lowest BCUT2D eigenvalue weighted by Crippen LogP contribution is -2.67. The van der Waals surface area contributed by atoms with Crippen LogP contribution in [0.2, 0.25) is 0 Å². The molecule has 0 unspecified atom stereocenters. The standard InChI is InChI=1S/C25H32N4O3/c1-27-14-15-32-25(19-27,16-20-8-4-2-5-9-20)24(31)29-13-12-28(18-22(29)23(26)30)17-21-10-6-3-7-11-21/h2-11,22H,12-19H2,1H3,(H2,26,30)/t22-,25-/m1/s1. The highest BCUT2D eigenvalue weighted by molar-refractivity contribution is 5.92. The summed E-state index contributed by atoms with van der Waals surface area (Å²) in [5.41, 5.74) is 6.98. The van der Waals surface area contributed by atoms with E-state index in [2.05, 4.69) is 21.9 Å². The lowest BCUT2D eigenvalue weighted by atomic mass is 9.89. The summed E-state index contributed by atoms with van der Waals surface area (Å²) in [6.07, 6.45) is 0.465. The molecule has 2 atom stereocenters. The zero-order valence-electron chi connectivity index (χ0n) is 18.7. The Balaban J connectivity index is 1.55. The smallest absolute Gasteiger partial charge is 0.257 e. The van der Waals surface area contributed by atoms with Gasteiger partial charge in [0.05, 0.1) is 6.61 Å². The Hall–Kier alpha value is -2.74. The first kappa shape index (κ1) is 22.5. The maximum atomic E-state index is 14.0. The number of carbonyl (C=O) groups is 2. The van der Waals surface area contributed by atoms with E-state index in [0.717, 1.165) is 18.7 Å². The van der Waals surface area contributed by atoms with E-state index in [4.69, 9.17) is 10.5 Å².